The number of imidazole rings is 1. The molecule has 0 saturated carbocycles. The Morgan fingerprint density at radius 3 is 2.23 bits per heavy atom. The van der Waals surface area contributed by atoms with Gasteiger partial charge in [-0.1, -0.05) is 0 Å². The summed E-state index contributed by atoms with van der Waals surface area (Å²) in [7, 11) is 1.59. The number of amides is 2. The van der Waals surface area contributed by atoms with Crippen molar-refractivity contribution in [2.24, 2.45) is 0 Å². The van der Waals surface area contributed by atoms with E-state index in [1.807, 2.05) is 24.4 Å². The van der Waals surface area contributed by atoms with Gasteiger partial charge in [-0.15, -0.1) is 0 Å². The summed E-state index contributed by atoms with van der Waals surface area (Å²) in [5.41, 5.74) is 2.16. The van der Waals surface area contributed by atoms with Gasteiger partial charge in [0.15, 0.2) is 0 Å². The summed E-state index contributed by atoms with van der Waals surface area (Å²) in [5, 5.41) is 8.78. The number of hydrogen-bond acceptors (Lipinski definition) is 6. The molecule has 0 atom stereocenters. The normalized spacial score (nSPS) is 10.3. The summed E-state index contributed by atoms with van der Waals surface area (Å²) in [6.45, 7) is 0. The number of carbonyl (C=O) groups excluding carboxylic acids is 1. The molecule has 4 rings (SSSR count). The largest absolute Gasteiger partial charge is 0.497 e. The third-order valence-electron chi connectivity index (χ3n) is 4.18. The molecule has 2 aromatic carbocycles. The van der Waals surface area contributed by atoms with E-state index in [1.54, 1.807) is 60.6 Å². The van der Waals surface area contributed by atoms with Gasteiger partial charge in [-0.05, 0) is 48.5 Å². The van der Waals surface area contributed by atoms with Gasteiger partial charge in [0.25, 0.3) is 0 Å². The summed E-state index contributed by atoms with van der Waals surface area (Å²) in [6, 6.07) is 15.9. The van der Waals surface area contributed by atoms with Crippen LogP contribution in [-0.4, -0.2) is 32.7 Å². The summed E-state index contributed by atoms with van der Waals surface area (Å²) >= 11 is 0. The van der Waals surface area contributed by atoms with Crippen LogP contribution in [0.25, 0.3) is 5.82 Å². The van der Waals surface area contributed by atoms with Crippen molar-refractivity contribution in [3.8, 4) is 11.6 Å². The van der Waals surface area contributed by atoms with E-state index in [1.165, 1.54) is 6.33 Å². The summed E-state index contributed by atoms with van der Waals surface area (Å²) in [6.07, 6.45) is 6.65. The van der Waals surface area contributed by atoms with E-state index in [9.17, 15) is 4.79 Å². The molecule has 0 aliphatic heterocycles. The van der Waals surface area contributed by atoms with Crippen LogP contribution in [0.1, 0.15) is 0 Å². The van der Waals surface area contributed by atoms with Crippen LogP contribution < -0.4 is 20.7 Å². The maximum Gasteiger partial charge on any atom is 0.323 e. The Bertz CT molecular complexity index is 1110. The molecule has 0 spiro atoms. The minimum absolute atomic E-state index is 0.332. The van der Waals surface area contributed by atoms with E-state index in [2.05, 4.69) is 30.9 Å². The number of carbonyl (C=O) groups is 1. The number of hydrogen-bond donors (Lipinski definition) is 3. The molecule has 2 heterocycles. The lowest BCUT2D eigenvalue weighted by Gasteiger charge is -2.10. The summed E-state index contributed by atoms with van der Waals surface area (Å²) < 4.78 is 6.90. The molecule has 9 nitrogen and oxygen atoms in total. The first-order valence-corrected chi connectivity index (χ1v) is 9.09. The first-order valence-electron chi connectivity index (χ1n) is 9.09. The highest BCUT2D eigenvalue weighted by atomic mass is 16.5. The highest BCUT2D eigenvalue weighted by molar-refractivity contribution is 5.99. The zero-order valence-corrected chi connectivity index (χ0v) is 16.1. The molecule has 150 valence electrons. The van der Waals surface area contributed by atoms with E-state index in [0.29, 0.717) is 23.0 Å². The second kappa shape index (κ2) is 8.74. The van der Waals surface area contributed by atoms with Gasteiger partial charge >= 0.3 is 6.03 Å². The predicted molar refractivity (Wildman–Crippen MR) is 115 cm³/mol. The molecule has 0 aliphatic rings. The van der Waals surface area contributed by atoms with Gasteiger partial charge in [0.1, 0.15) is 30.0 Å². The molecule has 0 radical (unpaired) electrons. The van der Waals surface area contributed by atoms with Crippen molar-refractivity contribution in [2.45, 2.75) is 0 Å². The maximum absolute atomic E-state index is 12.2. The van der Waals surface area contributed by atoms with Crippen molar-refractivity contribution < 1.29 is 9.53 Å². The molecule has 0 bridgehead atoms. The predicted octanol–water partition coefficient (Wildman–Crippen LogP) is 4.06. The van der Waals surface area contributed by atoms with Crippen molar-refractivity contribution in [1.82, 2.24) is 19.5 Å². The Hall–Kier alpha value is -4.40. The van der Waals surface area contributed by atoms with Crippen LogP contribution in [0.3, 0.4) is 0 Å². The lowest BCUT2D eigenvalue weighted by molar-refractivity contribution is 0.262. The molecule has 4 aromatic rings. The molecule has 3 N–H and O–H groups in total. The van der Waals surface area contributed by atoms with Gasteiger partial charge in [0.05, 0.1) is 7.11 Å². The van der Waals surface area contributed by atoms with Crippen molar-refractivity contribution >= 4 is 28.9 Å². The molecule has 0 aliphatic carbocycles. The monoisotopic (exact) mass is 401 g/mol. The van der Waals surface area contributed by atoms with Gasteiger partial charge in [-0.25, -0.2) is 19.7 Å². The topological polar surface area (TPSA) is 106 Å². The Labute approximate surface area is 172 Å². The minimum Gasteiger partial charge on any atom is -0.497 e. The number of urea groups is 1. The average molecular weight is 401 g/mol. The molecule has 30 heavy (non-hydrogen) atoms. The van der Waals surface area contributed by atoms with Crippen LogP contribution in [0.15, 0.2) is 79.6 Å². The lowest BCUT2D eigenvalue weighted by Crippen LogP contribution is -2.19. The lowest BCUT2D eigenvalue weighted by atomic mass is 10.2. The third-order valence-corrected chi connectivity index (χ3v) is 4.18. The minimum atomic E-state index is -0.332. The number of ether oxygens (including phenoxy) is 1. The zero-order valence-electron chi connectivity index (χ0n) is 16.1. The molecular weight excluding hydrogens is 382 g/mol. The highest BCUT2D eigenvalue weighted by Crippen LogP contribution is 2.19. The van der Waals surface area contributed by atoms with Crippen molar-refractivity contribution in [3.05, 3.63) is 79.6 Å². The Morgan fingerprint density at radius 2 is 1.60 bits per heavy atom. The quantitative estimate of drug-likeness (QED) is 0.450. The molecule has 2 aromatic heterocycles. The molecular formula is C21H19N7O2. The SMILES string of the molecule is COc1ccc(NC(=O)Nc2ccc(Nc3cc(-n4ccnc4)ncn3)cc2)cc1. The number of anilines is 4. The molecule has 0 saturated heterocycles. The average Bonchev–Trinajstić information content (AvgIpc) is 3.31. The van der Waals surface area contributed by atoms with Crippen LogP contribution in [0.4, 0.5) is 27.7 Å². The number of aromatic nitrogens is 4. The van der Waals surface area contributed by atoms with E-state index in [4.69, 9.17) is 4.74 Å². The first kappa shape index (κ1) is 18.9. The standard InChI is InChI=1S/C21H19N7O2/c1-30-18-8-6-17(7-9-18)27-21(29)26-16-4-2-15(3-5-16)25-19-12-20(24-13-23-19)28-11-10-22-14-28/h2-14H,1H3,(H,23,24,25)(H2,26,27,29). The second-order valence-corrected chi connectivity index (χ2v) is 6.24. The van der Waals surface area contributed by atoms with Crippen molar-refractivity contribution in [1.29, 1.82) is 0 Å². The Balaban J connectivity index is 1.36. The molecule has 0 fully saturated rings. The van der Waals surface area contributed by atoms with Crippen LogP contribution in [0.5, 0.6) is 5.75 Å². The van der Waals surface area contributed by atoms with E-state index >= 15 is 0 Å². The fourth-order valence-corrected chi connectivity index (χ4v) is 2.70. The summed E-state index contributed by atoms with van der Waals surface area (Å²) in [4.78, 5) is 24.6. The highest BCUT2D eigenvalue weighted by Gasteiger charge is 2.05. The fraction of sp³-hybridized carbons (Fsp3) is 0.0476. The van der Waals surface area contributed by atoms with Gasteiger partial charge in [0, 0.05) is 35.5 Å². The fourth-order valence-electron chi connectivity index (χ4n) is 2.70. The number of rotatable bonds is 6. The van der Waals surface area contributed by atoms with E-state index in [-0.39, 0.29) is 6.03 Å². The summed E-state index contributed by atoms with van der Waals surface area (Å²) in [5.74, 6) is 2.08. The third kappa shape index (κ3) is 4.71. The van der Waals surface area contributed by atoms with E-state index < -0.39 is 0 Å². The van der Waals surface area contributed by atoms with Gasteiger partial charge in [0.2, 0.25) is 0 Å². The van der Waals surface area contributed by atoms with Crippen molar-refractivity contribution in [3.63, 3.8) is 0 Å². The molecule has 2 amide bonds. The Kier molecular flexibility index (Phi) is 5.52. The molecule has 9 heteroatoms. The number of nitrogens with zero attached hydrogens (tertiary/aromatic N) is 4. The van der Waals surface area contributed by atoms with Crippen LogP contribution in [0.2, 0.25) is 0 Å². The maximum atomic E-state index is 12.2. The van der Waals surface area contributed by atoms with Crippen LogP contribution in [-0.2, 0) is 0 Å². The number of benzene rings is 2. The second-order valence-electron chi connectivity index (χ2n) is 6.24. The first-order chi connectivity index (χ1) is 14.7. The molecule has 0 unspecified atom stereocenters. The van der Waals surface area contributed by atoms with Crippen LogP contribution >= 0.6 is 0 Å². The number of methoxy groups -OCH3 is 1. The zero-order chi connectivity index (χ0) is 20.8. The van der Waals surface area contributed by atoms with Gasteiger partial charge in [-0.3, -0.25) is 4.57 Å². The van der Waals surface area contributed by atoms with E-state index in [0.717, 1.165) is 11.4 Å². The van der Waals surface area contributed by atoms with Gasteiger partial charge in [-0.2, -0.15) is 0 Å². The van der Waals surface area contributed by atoms with Gasteiger partial charge < -0.3 is 20.7 Å². The Morgan fingerprint density at radius 1 is 0.933 bits per heavy atom. The number of nitrogens with one attached hydrogen (secondary N) is 3. The smallest absolute Gasteiger partial charge is 0.323 e. The van der Waals surface area contributed by atoms with Crippen LogP contribution in [0, 0.1) is 0 Å². The van der Waals surface area contributed by atoms with Crippen molar-refractivity contribution in [2.75, 3.05) is 23.1 Å².